The van der Waals surface area contributed by atoms with Crippen molar-refractivity contribution < 1.29 is 9.90 Å². The second-order valence-electron chi connectivity index (χ2n) is 9.65. The molecule has 4 aliphatic rings. The Kier molecular flexibility index (Phi) is 5.98. The van der Waals surface area contributed by atoms with Gasteiger partial charge in [-0.25, -0.2) is 0 Å². The number of hydrogen-bond acceptors (Lipinski definition) is 2. The Morgan fingerprint density at radius 3 is 2.40 bits per heavy atom. The molecule has 4 saturated carbocycles. The van der Waals surface area contributed by atoms with Crippen LogP contribution in [0.1, 0.15) is 85.5 Å². The van der Waals surface area contributed by atoms with Crippen LogP contribution in [-0.4, -0.2) is 17.5 Å². The Bertz CT molecular complexity index is 473. The minimum atomic E-state index is -0.246. The number of fused-ring (bicyclic) bond motifs is 5. The van der Waals surface area contributed by atoms with Crippen molar-refractivity contribution in [1.82, 2.24) is 0 Å². The lowest BCUT2D eigenvalue weighted by Gasteiger charge is -2.56. The van der Waals surface area contributed by atoms with Crippen molar-refractivity contribution in [1.29, 1.82) is 0 Å². The van der Waals surface area contributed by atoms with Gasteiger partial charge in [0.15, 0.2) is 5.78 Å². The van der Waals surface area contributed by atoms with Gasteiger partial charge < -0.3 is 5.11 Å². The summed E-state index contributed by atoms with van der Waals surface area (Å²) in [7, 11) is 0. The fourth-order valence-electron chi connectivity index (χ4n) is 7.73. The molecule has 2 nitrogen and oxygen atoms in total. The molecule has 0 bridgehead atoms. The zero-order valence-corrected chi connectivity index (χ0v) is 17.0. The summed E-state index contributed by atoms with van der Waals surface area (Å²) in [5.74, 6) is 5.77. The third kappa shape index (κ3) is 3.22. The van der Waals surface area contributed by atoms with Gasteiger partial charge in [-0.3, -0.25) is 4.79 Å². The molecule has 0 heterocycles. The minimum absolute atomic E-state index is 0.119. The average Bonchev–Trinajstić information content (AvgIpc) is 2.99. The molecule has 2 heteroatoms. The number of hydrogen-bond donors (Lipinski definition) is 1. The summed E-state index contributed by atoms with van der Waals surface area (Å²) in [6.45, 7) is 8.58. The third-order valence-corrected chi connectivity index (χ3v) is 8.76. The van der Waals surface area contributed by atoms with E-state index in [1.807, 2.05) is 13.8 Å². The first-order chi connectivity index (χ1) is 12.0. The van der Waals surface area contributed by atoms with E-state index in [9.17, 15) is 9.90 Å². The van der Waals surface area contributed by atoms with Crippen LogP contribution >= 0.6 is 0 Å². The van der Waals surface area contributed by atoms with Crippen LogP contribution in [0.3, 0.4) is 0 Å². The number of ketones is 1. The van der Waals surface area contributed by atoms with E-state index in [0.29, 0.717) is 0 Å². The summed E-state index contributed by atoms with van der Waals surface area (Å²) in [5.41, 5.74) is 0.190. The fourth-order valence-corrected chi connectivity index (χ4v) is 7.73. The zero-order chi connectivity index (χ0) is 18.2. The first kappa shape index (κ1) is 19.4. The van der Waals surface area contributed by atoms with Crippen molar-refractivity contribution in [2.45, 2.75) is 85.5 Å². The van der Waals surface area contributed by atoms with Gasteiger partial charge >= 0.3 is 0 Å². The van der Waals surface area contributed by atoms with E-state index in [1.165, 1.54) is 51.4 Å². The molecule has 0 saturated heterocycles. The lowest BCUT2D eigenvalue weighted by molar-refractivity contribution is -0.133. The Morgan fingerprint density at radius 2 is 1.68 bits per heavy atom. The van der Waals surface area contributed by atoms with E-state index in [2.05, 4.69) is 13.8 Å². The van der Waals surface area contributed by atoms with Crippen molar-refractivity contribution in [3.8, 4) is 0 Å². The molecule has 4 aliphatic carbocycles. The highest BCUT2D eigenvalue weighted by Crippen LogP contribution is 2.64. The maximum atomic E-state index is 12.2. The highest BCUT2D eigenvalue weighted by molar-refractivity contribution is 5.83. The maximum Gasteiger partial charge on any atom is 0.161 e. The second-order valence-corrected chi connectivity index (χ2v) is 9.65. The summed E-state index contributed by atoms with van der Waals surface area (Å²) < 4.78 is 0. The Hall–Kier alpha value is -0.370. The van der Waals surface area contributed by atoms with Crippen molar-refractivity contribution in [2.75, 3.05) is 6.61 Å². The molecule has 0 radical (unpaired) electrons. The molecule has 25 heavy (non-hydrogen) atoms. The number of rotatable bonds is 2. The van der Waals surface area contributed by atoms with Crippen LogP contribution in [0.4, 0.5) is 0 Å². The first-order valence-electron chi connectivity index (χ1n) is 11.2. The van der Waals surface area contributed by atoms with Gasteiger partial charge in [0.05, 0.1) is 0 Å². The van der Waals surface area contributed by atoms with E-state index in [-0.39, 0.29) is 23.7 Å². The lowest BCUT2D eigenvalue weighted by Crippen LogP contribution is -2.49. The SMILES string of the molecule is CC.CC1CCC2C(CCC3C2CCC2(C)C(C(=O)CO)CCC32)C1. The van der Waals surface area contributed by atoms with Gasteiger partial charge in [-0.1, -0.05) is 34.1 Å². The molecule has 144 valence electrons. The average molecular weight is 349 g/mol. The van der Waals surface area contributed by atoms with Gasteiger partial charge in [0.1, 0.15) is 6.61 Å². The Balaban J connectivity index is 0.000000880. The third-order valence-electron chi connectivity index (χ3n) is 8.76. The Morgan fingerprint density at radius 1 is 0.960 bits per heavy atom. The number of aliphatic hydroxyl groups is 1. The summed E-state index contributed by atoms with van der Waals surface area (Å²) in [6.07, 6.45) is 12.1. The normalized spacial score (nSPS) is 48.4. The molecule has 0 aromatic rings. The van der Waals surface area contributed by atoms with Crippen LogP contribution in [0.2, 0.25) is 0 Å². The maximum absolute atomic E-state index is 12.2. The van der Waals surface area contributed by atoms with Crippen LogP contribution in [0, 0.1) is 46.8 Å². The fraction of sp³-hybridized carbons (Fsp3) is 0.957. The summed E-state index contributed by atoms with van der Waals surface area (Å²) in [6, 6.07) is 0. The summed E-state index contributed by atoms with van der Waals surface area (Å²) in [5, 5.41) is 9.36. The molecule has 8 unspecified atom stereocenters. The standard InChI is InChI=1S/C21H34O2.C2H6/c1-13-3-5-15-14(11-13)4-6-17-16(15)9-10-21(2)18(17)7-8-19(21)20(23)12-22;1-2/h13-19,22H,3-12H2,1-2H3;1-2H3. The predicted octanol–water partition coefficient (Wildman–Crippen LogP) is 5.48. The number of carbonyl (C=O) groups excluding carboxylic acids is 1. The van der Waals surface area contributed by atoms with E-state index in [4.69, 9.17) is 0 Å². The van der Waals surface area contributed by atoms with Crippen molar-refractivity contribution >= 4 is 5.78 Å². The van der Waals surface area contributed by atoms with Crippen LogP contribution in [0.15, 0.2) is 0 Å². The highest BCUT2D eigenvalue weighted by Gasteiger charge is 2.58. The highest BCUT2D eigenvalue weighted by atomic mass is 16.3. The molecule has 0 aromatic heterocycles. The molecule has 0 amide bonds. The van der Waals surface area contributed by atoms with Crippen molar-refractivity contribution in [2.24, 2.45) is 46.8 Å². The van der Waals surface area contributed by atoms with E-state index in [1.54, 1.807) is 0 Å². The molecule has 4 fully saturated rings. The van der Waals surface area contributed by atoms with E-state index < -0.39 is 0 Å². The van der Waals surface area contributed by atoms with Crippen LogP contribution in [-0.2, 0) is 4.79 Å². The van der Waals surface area contributed by atoms with Gasteiger partial charge in [0.25, 0.3) is 0 Å². The topological polar surface area (TPSA) is 37.3 Å². The summed E-state index contributed by atoms with van der Waals surface area (Å²) in [4.78, 5) is 12.2. The quantitative estimate of drug-likeness (QED) is 0.717. The molecular formula is C23H40O2. The molecular weight excluding hydrogens is 308 g/mol. The number of Topliss-reactive ketones (excluding diaryl/α,β-unsaturated/α-hetero) is 1. The van der Waals surface area contributed by atoms with E-state index >= 15 is 0 Å². The molecule has 0 aromatic carbocycles. The van der Waals surface area contributed by atoms with Crippen LogP contribution < -0.4 is 0 Å². The first-order valence-corrected chi connectivity index (χ1v) is 11.2. The second kappa shape index (κ2) is 7.71. The largest absolute Gasteiger partial charge is 0.389 e. The van der Waals surface area contributed by atoms with Gasteiger partial charge in [0, 0.05) is 5.92 Å². The molecule has 4 rings (SSSR count). The Labute approximate surface area is 155 Å². The van der Waals surface area contributed by atoms with Crippen molar-refractivity contribution in [3.05, 3.63) is 0 Å². The molecule has 0 spiro atoms. The van der Waals surface area contributed by atoms with Crippen LogP contribution in [0.5, 0.6) is 0 Å². The molecule has 8 atom stereocenters. The molecule has 1 N–H and O–H groups in total. The number of aliphatic hydroxyl groups excluding tert-OH is 1. The summed E-state index contributed by atoms with van der Waals surface area (Å²) >= 11 is 0. The monoisotopic (exact) mass is 348 g/mol. The smallest absolute Gasteiger partial charge is 0.161 e. The predicted molar refractivity (Wildman–Crippen MR) is 103 cm³/mol. The minimum Gasteiger partial charge on any atom is -0.389 e. The van der Waals surface area contributed by atoms with Gasteiger partial charge in [-0.15, -0.1) is 0 Å². The zero-order valence-electron chi connectivity index (χ0n) is 17.0. The van der Waals surface area contributed by atoms with E-state index in [0.717, 1.165) is 41.9 Å². The van der Waals surface area contributed by atoms with Gasteiger partial charge in [-0.05, 0) is 92.3 Å². The molecule has 0 aliphatic heterocycles. The van der Waals surface area contributed by atoms with Crippen LogP contribution in [0.25, 0.3) is 0 Å². The lowest BCUT2D eigenvalue weighted by atomic mass is 9.49. The number of carbonyl (C=O) groups is 1. The van der Waals surface area contributed by atoms with Gasteiger partial charge in [0.2, 0.25) is 0 Å². The van der Waals surface area contributed by atoms with Crippen molar-refractivity contribution in [3.63, 3.8) is 0 Å². The van der Waals surface area contributed by atoms with Gasteiger partial charge in [-0.2, -0.15) is 0 Å².